The van der Waals surface area contributed by atoms with Crippen LogP contribution in [0.3, 0.4) is 0 Å². The van der Waals surface area contributed by atoms with Gasteiger partial charge in [-0.15, -0.1) is 0 Å². The Labute approximate surface area is 67.5 Å². The molecule has 0 aliphatic heterocycles. The largest absolute Gasteiger partial charge is 0.208 e. The van der Waals surface area contributed by atoms with Crippen molar-refractivity contribution in [3.8, 4) is 0 Å². The molecule has 0 N–H and O–H groups in total. The molecule has 0 radical (unpaired) electrons. The molecule has 0 aromatic rings. The fourth-order valence-corrected chi connectivity index (χ4v) is 0.696. The Morgan fingerprint density at radius 3 is 2.33 bits per heavy atom. The van der Waals surface area contributed by atoms with Crippen LogP contribution in [0.25, 0.3) is 0 Å². The molecular formula is C6H9F2I. The van der Waals surface area contributed by atoms with E-state index in [2.05, 4.69) is 0 Å². The fraction of sp³-hybridized carbons (Fsp3) is 0.667. The summed E-state index contributed by atoms with van der Waals surface area (Å²) in [6.45, 7) is 1.94. The first kappa shape index (κ1) is 9.33. The van der Waals surface area contributed by atoms with Crippen LogP contribution in [0, 0.1) is 0 Å². The van der Waals surface area contributed by atoms with Gasteiger partial charge >= 0.3 is 0 Å². The first-order chi connectivity index (χ1) is 4.18. The quantitative estimate of drug-likeness (QED) is 0.665. The Morgan fingerprint density at radius 1 is 1.44 bits per heavy atom. The number of rotatable bonds is 3. The van der Waals surface area contributed by atoms with E-state index < -0.39 is 9.66 Å². The highest BCUT2D eigenvalue weighted by Gasteiger charge is 1.99. The van der Waals surface area contributed by atoms with Gasteiger partial charge in [0.2, 0.25) is 0 Å². The van der Waals surface area contributed by atoms with Crippen molar-refractivity contribution in [3.63, 3.8) is 0 Å². The number of halogens is 3. The van der Waals surface area contributed by atoms with Gasteiger partial charge in [0.25, 0.3) is 0 Å². The van der Waals surface area contributed by atoms with E-state index in [1.165, 1.54) is 22.6 Å². The van der Waals surface area contributed by atoms with E-state index in [9.17, 15) is 8.78 Å². The lowest BCUT2D eigenvalue weighted by atomic mass is 10.2. The van der Waals surface area contributed by atoms with Crippen molar-refractivity contribution in [2.24, 2.45) is 0 Å². The van der Waals surface area contributed by atoms with Crippen molar-refractivity contribution in [2.75, 3.05) is 0 Å². The van der Waals surface area contributed by atoms with E-state index >= 15 is 0 Å². The van der Waals surface area contributed by atoms with Gasteiger partial charge < -0.3 is 0 Å². The van der Waals surface area contributed by atoms with Gasteiger partial charge in [0.05, 0.1) is 0 Å². The summed E-state index contributed by atoms with van der Waals surface area (Å²) in [4.78, 5) is 0. The van der Waals surface area contributed by atoms with Crippen LogP contribution in [0.1, 0.15) is 26.2 Å². The zero-order chi connectivity index (χ0) is 7.28. The van der Waals surface area contributed by atoms with Gasteiger partial charge in [0.1, 0.15) is 5.83 Å². The highest BCUT2D eigenvalue weighted by atomic mass is 127. The molecule has 0 fully saturated rings. The molecule has 0 aromatic heterocycles. The third-order valence-corrected chi connectivity index (χ3v) is 1.54. The van der Waals surface area contributed by atoms with E-state index in [1.807, 2.05) is 6.92 Å². The molecule has 0 aromatic carbocycles. The maximum Gasteiger partial charge on any atom is 0.191 e. The molecule has 0 bridgehead atoms. The summed E-state index contributed by atoms with van der Waals surface area (Å²) in [5, 5.41) is 0. The molecule has 0 aliphatic carbocycles. The smallest absolute Gasteiger partial charge is 0.191 e. The maximum absolute atomic E-state index is 12.2. The highest BCUT2D eigenvalue weighted by molar-refractivity contribution is 14.1. The zero-order valence-electron chi connectivity index (χ0n) is 5.26. The Kier molecular flexibility index (Phi) is 5.33. The zero-order valence-corrected chi connectivity index (χ0v) is 7.41. The Bertz CT molecular complexity index is 106. The minimum absolute atomic E-state index is 0.241. The van der Waals surface area contributed by atoms with Crippen LogP contribution in [0.5, 0.6) is 0 Å². The summed E-state index contributed by atoms with van der Waals surface area (Å²) >= 11 is 1.35. The lowest BCUT2D eigenvalue weighted by Gasteiger charge is -1.92. The molecule has 9 heavy (non-hydrogen) atoms. The Balaban J connectivity index is 3.50. The van der Waals surface area contributed by atoms with Gasteiger partial charge in [-0.1, -0.05) is 13.3 Å². The predicted molar refractivity (Wildman–Crippen MR) is 42.8 cm³/mol. The lowest BCUT2D eigenvalue weighted by Crippen LogP contribution is -1.75. The number of hydrogen-bond donors (Lipinski definition) is 0. The molecule has 0 saturated carbocycles. The molecule has 0 saturated heterocycles. The molecular weight excluding hydrogens is 237 g/mol. The van der Waals surface area contributed by atoms with Crippen molar-refractivity contribution in [1.82, 2.24) is 0 Å². The summed E-state index contributed by atoms with van der Waals surface area (Å²) in [6, 6.07) is 0. The van der Waals surface area contributed by atoms with E-state index in [0.717, 1.165) is 12.8 Å². The van der Waals surface area contributed by atoms with Crippen LogP contribution >= 0.6 is 22.6 Å². The minimum Gasteiger partial charge on any atom is -0.208 e. The highest BCUT2D eigenvalue weighted by Crippen LogP contribution is 2.19. The molecule has 0 nitrogen and oxygen atoms in total. The molecule has 0 heterocycles. The van der Waals surface area contributed by atoms with Gasteiger partial charge in [-0.3, -0.25) is 0 Å². The van der Waals surface area contributed by atoms with E-state index in [1.54, 1.807) is 0 Å². The maximum atomic E-state index is 12.2. The number of allylic oxidation sites excluding steroid dienone is 1. The summed E-state index contributed by atoms with van der Waals surface area (Å²) < 4.78 is 23.4. The standard InChI is InChI=1S/C6H9F2I/c1-2-3-4-5(7)6(8)9/h2-4H2,1H3. The van der Waals surface area contributed by atoms with Crippen LogP contribution < -0.4 is 0 Å². The van der Waals surface area contributed by atoms with Crippen LogP contribution in [0.15, 0.2) is 9.66 Å². The van der Waals surface area contributed by atoms with Gasteiger partial charge in [-0.2, -0.15) is 4.39 Å². The molecule has 3 heteroatoms. The Morgan fingerprint density at radius 2 is 2.00 bits per heavy atom. The first-order valence-electron chi connectivity index (χ1n) is 2.88. The molecule has 54 valence electrons. The molecule has 0 aliphatic rings. The van der Waals surface area contributed by atoms with Crippen molar-refractivity contribution in [2.45, 2.75) is 26.2 Å². The fourth-order valence-electron chi connectivity index (χ4n) is 0.426. The summed E-state index contributed by atoms with van der Waals surface area (Å²) in [7, 11) is 0. The van der Waals surface area contributed by atoms with E-state index in [-0.39, 0.29) is 6.42 Å². The second kappa shape index (κ2) is 5.14. The third kappa shape index (κ3) is 4.81. The summed E-state index contributed by atoms with van der Waals surface area (Å²) in [5.74, 6) is -0.613. The van der Waals surface area contributed by atoms with Crippen molar-refractivity contribution in [3.05, 3.63) is 9.66 Å². The van der Waals surface area contributed by atoms with Gasteiger partial charge in [0.15, 0.2) is 3.83 Å². The summed E-state index contributed by atoms with van der Waals surface area (Å²) in [6.07, 6.45) is 1.87. The van der Waals surface area contributed by atoms with Crippen molar-refractivity contribution >= 4 is 22.6 Å². The number of unbranched alkanes of at least 4 members (excludes halogenated alkanes) is 1. The van der Waals surface area contributed by atoms with E-state index in [0.29, 0.717) is 0 Å². The molecule has 0 rings (SSSR count). The second-order valence-electron chi connectivity index (χ2n) is 1.77. The topological polar surface area (TPSA) is 0 Å². The molecule has 0 unspecified atom stereocenters. The number of hydrogen-bond acceptors (Lipinski definition) is 0. The van der Waals surface area contributed by atoms with Crippen molar-refractivity contribution in [1.29, 1.82) is 0 Å². The normalized spacial score (nSPS) is 13.3. The second-order valence-corrected chi connectivity index (χ2v) is 2.72. The predicted octanol–water partition coefficient (Wildman–Crippen LogP) is 3.72. The summed E-state index contributed by atoms with van der Waals surface area (Å²) in [5.41, 5.74) is 0. The van der Waals surface area contributed by atoms with Crippen LogP contribution in [0.2, 0.25) is 0 Å². The van der Waals surface area contributed by atoms with Crippen LogP contribution in [-0.4, -0.2) is 0 Å². The van der Waals surface area contributed by atoms with Gasteiger partial charge in [0, 0.05) is 6.42 Å². The van der Waals surface area contributed by atoms with E-state index in [4.69, 9.17) is 0 Å². The lowest BCUT2D eigenvalue weighted by molar-refractivity contribution is 0.530. The monoisotopic (exact) mass is 246 g/mol. The van der Waals surface area contributed by atoms with Crippen molar-refractivity contribution < 1.29 is 8.78 Å². The average Bonchev–Trinajstić information content (AvgIpc) is 1.82. The van der Waals surface area contributed by atoms with Gasteiger partial charge in [-0.05, 0) is 29.0 Å². The third-order valence-electron chi connectivity index (χ3n) is 0.955. The minimum atomic E-state index is -0.707. The van der Waals surface area contributed by atoms with Crippen LogP contribution in [0.4, 0.5) is 8.78 Å². The van der Waals surface area contributed by atoms with Crippen LogP contribution in [-0.2, 0) is 0 Å². The molecule has 0 spiro atoms. The van der Waals surface area contributed by atoms with Gasteiger partial charge in [-0.25, -0.2) is 4.39 Å². The Hall–Kier alpha value is 0.330. The first-order valence-corrected chi connectivity index (χ1v) is 3.96. The molecule has 0 amide bonds. The average molecular weight is 246 g/mol. The molecule has 0 atom stereocenters. The SMILES string of the molecule is CCCCC(F)=C(F)I.